The highest BCUT2D eigenvalue weighted by Crippen LogP contribution is 2.22. The topological polar surface area (TPSA) is 81.1 Å². The van der Waals surface area contributed by atoms with Crippen LogP contribution >= 0.6 is 0 Å². The van der Waals surface area contributed by atoms with Gasteiger partial charge in [0.2, 0.25) is 0 Å². The van der Waals surface area contributed by atoms with Crippen LogP contribution in [0.15, 0.2) is 54.7 Å². The van der Waals surface area contributed by atoms with Gasteiger partial charge in [0.1, 0.15) is 11.2 Å². The smallest absolute Gasteiger partial charge is 0.410 e. The van der Waals surface area contributed by atoms with Crippen LogP contribution < -0.4 is 0 Å². The van der Waals surface area contributed by atoms with E-state index >= 15 is 0 Å². The van der Waals surface area contributed by atoms with E-state index in [0.29, 0.717) is 13.2 Å². The standard InChI is InChI=1S/C24H32N2O5/c1-23(2,3)31-22(27)26-14-21(16-29-15-19-9-5-4-6-10-19)30-18-24(28,17-26)13-20-11-7-8-12-25-20/h4-12,21,28H,13-18H2,1-3H3/t21-,24?/m0/s1. The highest BCUT2D eigenvalue weighted by atomic mass is 16.6. The van der Waals surface area contributed by atoms with E-state index in [2.05, 4.69) is 4.98 Å². The first-order chi connectivity index (χ1) is 14.7. The summed E-state index contributed by atoms with van der Waals surface area (Å²) < 4.78 is 17.4. The Morgan fingerprint density at radius 2 is 1.97 bits per heavy atom. The van der Waals surface area contributed by atoms with E-state index in [0.717, 1.165) is 11.3 Å². The first-order valence-corrected chi connectivity index (χ1v) is 10.6. The van der Waals surface area contributed by atoms with Crippen LogP contribution in [0.2, 0.25) is 0 Å². The molecule has 1 amide bonds. The number of hydrogen-bond donors (Lipinski definition) is 1. The van der Waals surface area contributed by atoms with Gasteiger partial charge in [0, 0.05) is 18.3 Å². The minimum Gasteiger partial charge on any atom is -0.444 e. The van der Waals surface area contributed by atoms with Gasteiger partial charge in [0.05, 0.1) is 39.0 Å². The first kappa shape index (κ1) is 23.2. The first-order valence-electron chi connectivity index (χ1n) is 10.6. The Labute approximate surface area is 184 Å². The Hall–Kier alpha value is -2.48. The van der Waals surface area contributed by atoms with Gasteiger partial charge in [-0.15, -0.1) is 0 Å². The molecule has 1 aromatic heterocycles. The minimum absolute atomic E-state index is 0.0717. The number of pyridine rings is 1. The number of aliphatic hydroxyl groups is 1. The second-order valence-corrected chi connectivity index (χ2v) is 9.02. The van der Waals surface area contributed by atoms with Gasteiger partial charge >= 0.3 is 6.09 Å². The number of nitrogens with zero attached hydrogens (tertiary/aromatic N) is 2. The fourth-order valence-electron chi connectivity index (χ4n) is 3.43. The lowest BCUT2D eigenvalue weighted by atomic mass is 9.98. The van der Waals surface area contributed by atoms with Gasteiger partial charge in [-0.1, -0.05) is 36.4 Å². The molecule has 1 aliphatic heterocycles. The molecule has 0 aliphatic carbocycles. The number of rotatable bonds is 6. The molecule has 0 spiro atoms. The predicted molar refractivity (Wildman–Crippen MR) is 117 cm³/mol. The molecule has 168 valence electrons. The fourth-order valence-corrected chi connectivity index (χ4v) is 3.43. The minimum atomic E-state index is -1.28. The molecule has 7 nitrogen and oxygen atoms in total. The Balaban J connectivity index is 1.68. The fraction of sp³-hybridized carbons (Fsp3) is 0.500. The number of carbonyl (C=O) groups is 1. The molecule has 1 N–H and O–H groups in total. The summed E-state index contributed by atoms with van der Waals surface area (Å²) in [6, 6.07) is 15.4. The highest BCUT2D eigenvalue weighted by Gasteiger charge is 2.39. The summed E-state index contributed by atoms with van der Waals surface area (Å²) >= 11 is 0. The van der Waals surface area contributed by atoms with Crippen molar-refractivity contribution >= 4 is 6.09 Å². The van der Waals surface area contributed by atoms with Gasteiger partial charge < -0.3 is 24.2 Å². The summed E-state index contributed by atoms with van der Waals surface area (Å²) in [6.45, 7) is 6.64. The molecular weight excluding hydrogens is 396 g/mol. The molecule has 1 saturated heterocycles. The second-order valence-electron chi connectivity index (χ2n) is 9.02. The van der Waals surface area contributed by atoms with Gasteiger partial charge in [0.25, 0.3) is 0 Å². The van der Waals surface area contributed by atoms with Crippen molar-refractivity contribution < 1.29 is 24.1 Å². The Bertz CT molecular complexity index is 825. The molecule has 1 unspecified atom stereocenters. The van der Waals surface area contributed by atoms with E-state index in [1.54, 1.807) is 6.20 Å². The largest absolute Gasteiger partial charge is 0.444 e. The number of amides is 1. The molecule has 0 saturated carbocycles. The summed E-state index contributed by atoms with van der Waals surface area (Å²) in [6.07, 6.45) is 1.09. The van der Waals surface area contributed by atoms with Crippen molar-refractivity contribution in [2.24, 2.45) is 0 Å². The molecule has 1 fully saturated rings. The molecule has 3 rings (SSSR count). The van der Waals surface area contributed by atoms with Crippen LogP contribution in [0.1, 0.15) is 32.0 Å². The summed E-state index contributed by atoms with van der Waals surface area (Å²) in [5.74, 6) is 0. The van der Waals surface area contributed by atoms with Crippen molar-refractivity contribution in [1.82, 2.24) is 9.88 Å². The number of carbonyl (C=O) groups excluding carboxylic acids is 1. The number of hydrogen-bond acceptors (Lipinski definition) is 6. The Kier molecular flexibility index (Phi) is 7.64. The zero-order chi connectivity index (χ0) is 22.3. The summed E-state index contributed by atoms with van der Waals surface area (Å²) in [4.78, 5) is 18.6. The van der Waals surface area contributed by atoms with Gasteiger partial charge in [-0.2, -0.15) is 0 Å². The predicted octanol–water partition coefficient (Wildman–Crippen LogP) is 3.21. The molecule has 1 aliphatic rings. The van der Waals surface area contributed by atoms with Crippen LogP contribution in [-0.2, 0) is 27.2 Å². The SMILES string of the molecule is CC(C)(C)OC(=O)N1C[C@@H](COCc2ccccc2)OCC(O)(Cc2ccccn2)C1. The van der Waals surface area contributed by atoms with Crippen LogP contribution in [0.4, 0.5) is 4.79 Å². The van der Waals surface area contributed by atoms with Crippen LogP contribution in [0.3, 0.4) is 0 Å². The molecule has 0 radical (unpaired) electrons. The number of β-amino-alcohol motifs (C(OH)–C–C–N with tert-alkyl or cyclic N) is 1. The van der Waals surface area contributed by atoms with Crippen molar-refractivity contribution in [3.63, 3.8) is 0 Å². The number of benzene rings is 1. The van der Waals surface area contributed by atoms with E-state index in [1.807, 2.05) is 69.3 Å². The van der Waals surface area contributed by atoms with E-state index in [-0.39, 0.29) is 32.2 Å². The maximum absolute atomic E-state index is 12.8. The number of aromatic nitrogens is 1. The molecular formula is C24H32N2O5. The maximum atomic E-state index is 12.8. The normalized spacial score (nSPS) is 22.1. The van der Waals surface area contributed by atoms with E-state index in [4.69, 9.17) is 14.2 Å². The van der Waals surface area contributed by atoms with Crippen molar-refractivity contribution in [2.45, 2.75) is 51.1 Å². The van der Waals surface area contributed by atoms with Crippen LogP contribution in [0.5, 0.6) is 0 Å². The van der Waals surface area contributed by atoms with Gasteiger partial charge in [-0.25, -0.2) is 4.79 Å². The Morgan fingerprint density at radius 3 is 2.65 bits per heavy atom. The average molecular weight is 429 g/mol. The molecule has 2 atom stereocenters. The molecule has 0 bridgehead atoms. The third kappa shape index (κ3) is 7.61. The molecule has 2 aromatic rings. The van der Waals surface area contributed by atoms with Crippen molar-refractivity contribution in [1.29, 1.82) is 0 Å². The van der Waals surface area contributed by atoms with Gasteiger partial charge in [-0.3, -0.25) is 4.98 Å². The molecule has 1 aromatic carbocycles. The van der Waals surface area contributed by atoms with Gasteiger partial charge in [0.15, 0.2) is 0 Å². The monoisotopic (exact) mass is 428 g/mol. The van der Waals surface area contributed by atoms with Crippen LogP contribution in [-0.4, -0.2) is 64.7 Å². The third-order valence-electron chi connectivity index (χ3n) is 4.80. The van der Waals surface area contributed by atoms with E-state index < -0.39 is 17.3 Å². The lowest BCUT2D eigenvalue weighted by molar-refractivity contribution is -0.0736. The van der Waals surface area contributed by atoms with Crippen LogP contribution in [0.25, 0.3) is 0 Å². The molecule has 7 heteroatoms. The zero-order valence-electron chi connectivity index (χ0n) is 18.5. The third-order valence-corrected chi connectivity index (χ3v) is 4.80. The van der Waals surface area contributed by atoms with Crippen molar-refractivity contribution in [2.75, 3.05) is 26.3 Å². The second kappa shape index (κ2) is 10.2. The van der Waals surface area contributed by atoms with Gasteiger partial charge in [-0.05, 0) is 38.5 Å². The maximum Gasteiger partial charge on any atom is 0.410 e. The average Bonchev–Trinajstić information content (AvgIpc) is 2.88. The summed E-state index contributed by atoms with van der Waals surface area (Å²) in [5.41, 5.74) is -0.120. The van der Waals surface area contributed by atoms with E-state index in [9.17, 15) is 9.90 Å². The van der Waals surface area contributed by atoms with Crippen molar-refractivity contribution in [3.05, 3.63) is 66.0 Å². The van der Waals surface area contributed by atoms with Crippen molar-refractivity contribution in [3.8, 4) is 0 Å². The summed E-state index contributed by atoms with van der Waals surface area (Å²) in [5, 5.41) is 11.3. The lowest BCUT2D eigenvalue weighted by Crippen LogP contribution is -2.49. The lowest BCUT2D eigenvalue weighted by Gasteiger charge is -2.32. The molecule has 2 heterocycles. The highest BCUT2D eigenvalue weighted by molar-refractivity contribution is 5.68. The Morgan fingerprint density at radius 1 is 1.23 bits per heavy atom. The molecule has 31 heavy (non-hydrogen) atoms. The van der Waals surface area contributed by atoms with E-state index in [1.165, 1.54) is 4.90 Å². The summed E-state index contributed by atoms with van der Waals surface area (Å²) in [7, 11) is 0. The zero-order valence-corrected chi connectivity index (χ0v) is 18.5. The van der Waals surface area contributed by atoms with Crippen LogP contribution in [0, 0.1) is 0 Å². The number of ether oxygens (including phenoxy) is 3. The quantitative estimate of drug-likeness (QED) is 0.761.